The highest BCUT2D eigenvalue weighted by Gasteiger charge is 2.13. The van der Waals surface area contributed by atoms with Crippen molar-refractivity contribution in [2.45, 2.75) is 207 Å². The number of unbranched alkanes of at least 4 members (excludes halogenated alkanes) is 16. The third-order valence-corrected chi connectivity index (χ3v) is 9.34. The van der Waals surface area contributed by atoms with Crippen LogP contribution in [0, 0.1) is 11.8 Å². The van der Waals surface area contributed by atoms with E-state index in [4.69, 9.17) is 0 Å². The summed E-state index contributed by atoms with van der Waals surface area (Å²) in [7, 11) is 2.88. The number of allylic oxidation sites excluding steroid dienone is 2. The highest BCUT2D eigenvalue weighted by molar-refractivity contribution is 5.75. The Morgan fingerprint density at radius 1 is 0.510 bits per heavy atom. The Morgan fingerprint density at radius 3 is 1.33 bits per heavy atom. The van der Waals surface area contributed by atoms with Crippen molar-refractivity contribution in [3.8, 4) is 0 Å². The molecular weight excluding hydrogens is 616 g/mol. The molecule has 288 valence electrons. The van der Waals surface area contributed by atoms with Gasteiger partial charge in [0.05, 0.1) is 20.3 Å². The number of ketones is 2. The fourth-order valence-corrected chi connectivity index (χ4v) is 5.89. The van der Waals surface area contributed by atoms with Crippen LogP contribution in [0.1, 0.15) is 201 Å². The van der Waals surface area contributed by atoms with Crippen LogP contribution in [-0.4, -0.2) is 48.9 Å². The lowest BCUT2D eigenvalue weighted by molar-refractivity contribution is -0.141. The lowest BCUT2D eigenvalue weighted by atomic mass is 9.93. The van der Waals surface area contributed by atoms with Crippen LogP contribution in [0.4, 0.5) is 0 Å². The first-order chi connectivity index (χ1) is 23.5. The molecule has 0 fully saturated rings. The van der Waals surface area contributed by atoms with Crippen LogP contribution in [0.25, 0.3) is 0 Å². The van der Waals surface area contributed by atoms with Crippen LogP contribution >= 0.6 is 0 Å². The molecule has 0 aliphatic heterocycles. The highest BCUT2D eigenvalue weighted by atomic mass is 16.5. The van der Waals surface area contributed by atoms with Crippen LogP contribution in [0.3, 0.4) is 0 Å². The average molecular weight is 695 g/mol. The van der Waals surface area contributed by atoms with E-state index in [2.05, 4.69) is 35.5 Å². The van der Waals surface area contributed by atoms with Crippen LogP contribution in [0.2, 0.25) is 0 Å². The number of rotatable bonds is 33. The Labute approximate surface area is 302 Å². The van der Waals surface area contributed by atoms with Crippen molar-refractivity contribution in [3.63, 3.8) is 0 Å². The first-order valence-electron chi connectivity index (χ1n) is 20.0. The summed E-state index contributed by atoms with van der Waals surface area (Å²) in [6, 6.07) is 0. The minimum absolute atomic E-state index is 0.0902. The molecule has 0 aromatic rings. The number of ether oxygens (including phenoxy) is 2. The van der Waals surface area contributed by atoms with E-state index in [9.17, 15) is 24.3 Å². The van der Waals surface area contributed by atoms with Crippen LogP contribution < -0.4 is 0 Å². The summed E-state index contributed by atoms with van der Waals surface area (Å²) < 4.78 is 9.26. The third kappa shape index (κ3) is 40.3. The van der Waals surface area contributed by atoms with Gasteiger partial charge in [-0.2, -0.15) is 0 Å². The molecule has 0 saturated carbocycles. The standard InChI is InChI=1S/C21H40O4.C21H38O3/c1-18(14-10-6-4-9-13-17-21(24)25-3)20(23)16-12-8-5-7-11-15-19(2)22;1-19(15-11-7-4-5-9-13-17-20(2)22)16-12-8-6-10-14-18-21(23)24-3/h18,20,23H,4-17H2,1-3H3;11,15,19H,4-10,12-14,16-18H2,1-3H3/b;15-11+. The molecule has 0 aromatic heterocycles. The summed E-state index contributed by atoms with van der Waals surface area (Å²) in [6.45, 7) is 7.77. The molecule has 0 bridgehead atoms. The first kappa shape index (κ1) is 49.1. The second kappa shape index (κ2) is 37.2. The molecule has 3 unspecified atom stereocenters. The molecule has 3 atom stereocenters. The van der Waals surface area contributed by atoms with Gasteiger partial charge in [0.25, 0.3) is 0 Å². The molecule has 0 amide bonds. The van der Waals surface area contributed by atoms with E-state index in [1.165, 1.54) is 72.0 Å². The maximum Gasteiger partial charge on any atom is 0.305 e. The quantitative estimate of drug-likeness (QED) is 0.0414. The molecule has 0 aliphatic rings. The van der Waals surface area contributed by atoms with Gasteiger partial charge in [0.15, 0.2) is 0 Å². The predicted molar refractivity (Wildman–Crippen MR) is 204 cm³/mol. The summed E-state index contributed by atoms with van der Waals surface area (Å²) in [5, 5.41) is 10.2. The third-order valence-electron chi connectivity index (χ3n) is 9.34. The van der Waals surface area contributed by atoms with E-state index in [-0.39, 0.29) is 23.8 Å². The fourth-order valence-electron chi connectivity index (χ4n) is 5.89. The van der Waals surface area contributed by atoms with Crippen LogP contribution in [0.15, 0.2) is 12.2 Å². The summed E-state index contributed by atoms with van der Waals surface area (Å²) in [4.78, 5) is 43.6. The van der Waals surface area contributed by atoms with Gasteiger partial charge in [-0.15, -0.1) is 0 Å². The van der Waals surface area contributed by atoms with Gasteiger partial charge in [-0.1, -0.05) is 116 Å². The van der Waals surface area contributed by atoms with Gasteiger partial charge >= 0.3 is 11.9 Å². The second-order valence-electron chi connectivity index (χ2n) is 14.4. The fraction of sp³-hybridized carbons (Fsp3) is 0.857. The number of carbonyl (C=O) groups is 4. The average Bonchev–Trinajstić information content (AvgIpc) is 3.07. The van der Waals surface area contributed by atoms with Crippen molar-refractivity contribution < 1.29 is 33.8 Å². The molecule has 0 radical (unpaired) electrons. The molecule has 0 rings (SSSR count). The maximum absolute atomic E-state index is 11.0. The lowest BCUT2D eigenvalue weighted by Gasteiger charge is -2.18. The number of carbonyl (C=O) groups excluding carboxylic acids is 4. The molecule has 0 saturated heterocycles. The minimum Gasteiger partial charge on any atom is -0.469 e. The van der Waals surface area contributed by atoms with Crippen molar-refractivity contribution >= 4 is 23.5 Å². The van der Waals surface area contributed by atoms with Gasteiger partial charge in [-0.05, 0) is 83.5 Å². The van der Waals surface area contributed by atoms with E-state index in [0.29, 0.717) is 36.9 Å². The first-order valence-corrected chi connectivity index (χ1v) is 20.0. The van der Waals surface area contributed by atoms with E-state index < -0.39 is 0 Å². The number of aliphatic hydroxyl groups excluding tert-OH is 1. The van der Waals surface area contributed by atoms with Gasteiger partial charge in [-0.3, -0.25) is 9.59 Å². The SMILES string of the molecule is COC(=O)CCCCCCCC(C)/C=C/CCCCCCC(C)=O.COC(=O)CCCCCCCC(C)C(O)CCCCCCCC(C)=O. The molecule has 0 heterocycles. The molecular formula is C42H78O7. The van der Waals surface area contributed by atoms with E-state index in [0.717, 1.165) is 96.3 Å². The van der Waals surface area contributed by atoms with Crippen molar-refractivity contribution in [1.29, 1.82) is 0 Å². The lowest BCUT2D eigenvalue weighted by Crippen LogP contribution is -2.17. The topological polar surface area (TPSA) is 107 Å². The van der Waals surface area contributed by atoms with Gasteiger partial charge in [0, 0.05) is 25.7 Å². The molecule has 0 spiro atoms. The zero-order valence-corrected chi connectivity index (χ0v) is 32.9. The maximum atomic E-state index is 11.0. The largest absolute Gasteiger partial charge is 0.469 e. The Morgan fingerprint density at radius 2 is 0.878 bits per heavy atom. The number of aliphatic hydroxyl groups is 1. The second-order valence-corrected chi connectivity index (χ2v) is 14.4. The molecule has 7 heteroatoms. The van der Waals surface area contributed by atoms with E-state index in [1.54, 1.807) is 13.8 Å². The monoisotopic (exact) mass is 695 g/mol. The van der Waals surface area contributed by atoms with Crippen molar-refractivity contribution in [3.05, 3.63) is 12.2 Å². The number of methoxy groups -OCH3 is 2. The van der Waals surface area contributed by atoms with Gasteiger partial charge in [0.1, 0.15) is 11.6 Å². The van der Waals surface area contributed by atoms with E-state index >= 15 is 0 Å². The normalized spacial score (nSPS) is 13.0. The number of hydrogen-bond acceptors (Lipinski definition) is 7. The summed E-state index contributed by atoms with van der Waals surface area (Å²) >= 11 is 0. The summed E-state index contributed by atoms with van der Waals surface area (Å²) in [6.07, 6.45) is 33.0. The van der Waals surface area contributed by atoms with Crippen LogP contribution in [-0.2, 0) is 28.7 Å². The number of hydrogen-bond donors (Lipinski definition) is 1. The summed E-state index contributed by atoms with van der Waals surface area (Å²) in [5.41, 5.74) is 0. The Bertz CT molecular complexity index is 822. The smallest absolute Gasteiger partial charge is 0.305 e. The Kier molecular flexibility index (Phi) is 37.3. The summed E-state index contributed by atoms with van der Waals surface area (Å²) in [5.74, 6) is 1.42. The molecule has 49 heavy (non-hydrogen) atoms. The zero-order valence-electron chi connectivity index (χ0n) is 32.9. The van der Waals surface area contributed by atoms with Crippen molar-refractivity contribution in [2.75, 3.05) is 14.2 Å². The van der Waals surface area contributed by atoms with Crippen molar-refractivity contribution in [1.82, 2.24) is 0 Å². The molecule has 7 nitrogen and oxygen atoms in total. The van der Waals surface area contributed by atoms with Gasteiger partial charge < -0.3 is 24.2 Å². The number of Topliss-reactive ketones (excluding diaryl/α,β-unsaturated/α-hetero) is 2. The van der Waals surface area contributed by atoms with Gasteiger partial charge in [-0.25, -0.2) is 0 Å². The zero-order chi connectivity index (χ0) is 37.0. The van der Waals surface area contributed by atoms with Gasteiger partial charge in [0.2, 0.25) is 0 Å². The Balaban J connectivity index is 0. The molecule has 1 N–H and O–H groups in total. The molecule has 0 aliphatic carbocycles. The predicted octanol–water partition coefficient (Wildman–Crippen LogP) is 11.2. The van der Waals surface area contributed by atoms with Crippen LogP contribution in [0.5, 0.6) is 0 Å². The van der Waals surface area contributed by atoms with Crippen molar-refractivity contribution in [2.24, 2.45) is 11.8 Å². The highest BCUT2D eigenvalue weighted by Crippen LogP contribution is 2.20. The Hall–Kier alpha value is -2.02. The number of esters is 2. The molecule has 0 aromatic carbocycles. The van der Waals surface area contributed by atoms with E-state index in [1.807, 2.05) is 0 Å². The minimum atomic E-state index is -0.184.